The van der Waals surface area contributed by atoms with Gasteiger partial charge in [-0.15, -0.1) is 6.58 Å². The molecule has 0 aliphatic heterocycles. The molecule has 1 amide bonds. The lowest BCUT2D eigenvalue weighted by Gasteiger charge is -2.03. The van der Waals surface area contributed by atoms with Gasteiger partial charge in [-0.05, 0) is 35.7 Å². The van der Waals surface area contributed by atoms with Crippen LogP contribution >= 0.6 is 11.3 Å². The number of hydrogen-bond donors (Lipinski definition) is 0. The standard InChI is InChI=1S/C24H18F2N2OS/c1-2-12-28-22-20(26)14-19(25)15-21(22)30-24(28)27-23(29)18-10-8-17(9-11-18)13-16-6-4-3-5-7-16/h2-11,14-15H,1,12-13H2. The number of carbonyl (C=O) groups excluding carboxylic acids is 1. The molecule has 3 nitrogen and oxygen atoms in total. The van der Waals surface area contributed by atoms with Crippen molar-refractivity contribution < 1.29 is 13.6 Å². The third kappa shape index (κ3) is 4.14. The van der Waals surface area contributed by atoms with Crippen molar-refractivity contribution in [3.05, 3.63) is 113 Å². The van der Waals surface area contributed by atoms with Crippen molar-refractivity contribution in [2.45, 2.75) is 13.0 Å². The Morgan fingerprint density at radius 3 is 2.43 bits per heavy atom. The molecule has 0 aliphatic rings. The van der Waals surface area contributed by atoms with E-state index < -0.39 is 17.5 Å². The van der Waals surface area contributed by atoms with Crippen molar-refractivity contribution in [1.29, 1.82) is 0 Å². The smallest absolute Gasteiger partial charge is 0.279 e. The molecule has 0 saturated carbocycles. The molecule has 0 N–H and O–H groups in total. The van der Waals surface area contributed by atoms with Crippen LogP contribution in [0, 0.1) is 11.6 Å². The molecular formula is C24H18F2N2OS. The minimum absolute atomic E-state index is 0.214. The van der Waals surface area contributed by atoms with Crippen LogP contribution in [0.5, 0.6) is 0 Å². The zero-order valence-corrected chi connectivity index (χ0v) is 16.8. The Kier molecular flexibility index (Phi) is 5.68. The van der Waals surface area contributed by atoms with Gasteiger partial charge in [-0.25, -0.2) is 8.78 Å². The fraction of sp³-hybridized carbons (Fsp3) is 0.0833. The van der Waals surface area contributed by atoms with Crippen LogP contribution in [0.4, 0.5) is 8.78 Å². The summed E-state index contributed by atoms with van der Waals surface area (Å²) in [6, 6.07) is 19.4. The van der Waals surface area contributed by atoms with Crippen LogP contribution in [-0.2, 0) is 13.0 Å². The Labute approximate surface area is 176 Å². The van der Waals surface area contributed by atoms with Crippen LogP contribution in [0.3, 0.4) is 0 Å². The number of thiazole rings is 1. The second kappa shape index (κ2) is 8.55. The first kappa shape index (κ1) is 19.9. The normalized spacial score (nSPS) is 11.7. The number of aromatic nitrogens is 1. The molecule has 4 aromatic rings. The van der Waals surface area contributed by atoms with Gasteiger partial charge >= 0.3 is 0 Å². The van der Waals surface area contributed by atoms with E-state index in [1.807, 2.05) is 30.3 Å². The summed E-state index contributed by atoms with van der Waals surface area (Å²) >= 11 is 1.07. The van der Waals surface area contributed by atoms with E-state index in [0.717, 1.165) is 29.4 Å². The number of benzene rings is 3. The molecule has 0 bridgehead atoms. The Balaban J connectivity index is 1.67. The van der Waals surface area contributed by atoms with Gasteiger partial charge in [-0.3, -0.25) is 4.79 Å². The van der Waals surface area contributed by atoms with E-state index in [4.69, 9.17) is 0 Å². The highest BCUT2D eigenvalue weighted by atomic mass is 32.1. The minimum atomic E-state index is -0.692. The van der Waals surface area contributed by atoms with Crippen molar-refractivity contribution in [1.82, 2.24) is 4.57 Å². The zero-order chi connectivity index (χ0) is 21.1. The van der Waals surface area contributed by atoms with E-state index in [1.165, 1.54) is 16.2 Å². The molecule has 0 radical (unpaired) electrons. The second-order valence-corrected chi connectivity index (χ2v) is 7.80. The number of carbonyl (C=O) groups is 1. The highest BCUT2D eigenvalue weighted by Crippen LogP contribution is 2.22. The molecule has 0 atom stereocenters. The number of hydrogen-bond acceptors (Lipinski definition) is 2. The van der Waals surface area contributed by atoms with Gasteiger partial charge in [0.25, 0.3) is 5.91 Å². The van der Waals surface area contributed by atoms with Gasteiger partial charge in [-0.1, -0.05) is 59.9 Å². The molecule has 1 heterocycles. The fourth-order valence-electron chi connectivity index (χ4n) is 3.26. The van der Waals surface area contributed by atoms with Gasteiger partial charge in [0.15, 0.2) is 10.6 Å². The molecule has 0 saturated heterocycles. The van der Waals surface area contributed by atoms with Crippen molar-refractivity contribution >= 4 is 27.5 Å². The van der Waals surface area contributed by atoms with Crippen LogP contribution < -0.4 is 4.80 Å². The van der Waals surface area contributed by atoms with E-state index in [2.05, 4.69) is 23.7 Å². The first-order chi connectivity index (χ1) is 14.5. The Bertz CT molecular complexity index is 1290. The maximum absolute atomic E-state index is 14.3. The fourth-order valence-corrected chi connectivity index (χ4v) is 4.34. The van der Waals surface area contributed by atoms with Crippen molar-refractivity contribution in [2.75, 3.05) is 0 Å². The number of amides is 1. The first-order valence-corrected chi connectivity index (χ1v) is 10.2. The topological polar surface area (TPSA) is 34.4 Å². The molecule has 1 aromatic heterocycles. The van der Waals surface area contributed by atoms with Crippen LogP contribution in [0.15, 0.2) is 84.4 Å². The molecule has 4 rings (SSSR count). The van der Waals surface area contributed by atoms with Crippen molar-refractivity contribution in [3.63, 3.8) is 0 Å². The summed E-state index contributed by atoms with van der Waals surface area (Å²) in [4.78, 5) is 17.2. The largest absolute Gasteiger partial charge is 0.310 e. The SMILES string of the molecule is C=CCn1c(=NC(=O)c2ccc(Cc3ccccc3)cc2)sc2cc(F)cc(F)c21. The summed E-state index contributed by atoms with van der Waals surface area (Å²) < 4.78 is 29.8. The van der Waals surface area contributed by atoms with Gasteiger partial charge < -0.3 is 4.57 Å². The number of rotatable bonds is 5. The average Bonchev–Trinajstić information content (AvgIpc) is 3.06. The Morgan fingerprint density at radius 1 is 1.03 bits per heavy atom. The summed E-state index contributed by atoms with van der Waals surface area (Å²) in [5.41, 5.74) is 2.91. The maximum atomic E-state index is 14.3. The highest BCUT2D eigenvalue weighted by Gasteiger charge is 2.14. The predicted octanol–water partition coefficient (Wildman–Crippen LogP) is 5.50. The van der Waals surface area contributed by atoms with Gasteiger partial charge in [0.1, 0.15) is 5.82 Å². The minimum Gasteiger partial charge on any atom is -0.310 e. The van der Waals surface area contributed by atoms with Gasteiger partial charge in [0.05, 0.1) is 10.2 Å². The van der Waals surface area contributed by atoms with Gasteiger partial charge in [0, 0.05) is 18.2 Å². The van der Waals surface area contributed by atoms with Crippen LogP contribution in [0.2, 0.25) is 0 Å². The zero-order valence-electron chi connectivity index (χ0n) is 16.0. The molecule has 0 spiro atoms. The van der Waals surface area contributed by atoms with E-state index in [-0.39, 0.29) is 12.1 Å². The lowest BCUT2D eigenvalue weighted by molar-refractivity contribution is 0.0998. The molecule has 150 valence electrons. The summed E-state index contributed by atoms with van der Waals surface area (Å²) in [5, 5.41) is 0. The highest BCUT2D eigenvalue weighted by molar-refractivity contribution is 7.16. The van der Waals surface area contributed by atoms with E-state index in [1.54, 1.807) is 18.2 Å². The second-order valence-electron chi connectivity index (χ2n) is 6.79. The van der Waals surface area contributed by atoms with Gasteiger partial charge in [-0.2, -0.15) is 4.99 Å². The number of halogens is 2. The predicted molar refractivity (Wildman–Crippen MR) is 116 cm³/mol. The van der Waals surface area contributed by atoms with Crippen LogP contribution in [0.25, 0.3) is 10.2 Å². The molecule has 0 unspecified atom stereocenters. The summed E-state index contributed by atoms with van der Waals surface area (Å²) in [7, 11) is 0. The molecule has 6 heteroatoms. The monoisotopic (exact) mass is 420 g/mol. The lowest BCUT2D eigenvalue weighted by atomic mass is 10.0. The molecule has 3 aromatic carbocycles. The third-order valence-electron chi connectivity index (χ3n) is 4.66. The average molecular weight is 420 g/mol. The van der Waals surface area contributed by atoms with Crippen molar-refractivity contribution in [2.24, 2.45) is 4.99 Å². The molecule has 0 fully saturated rings. The lowest BCUT2D eigenvalue weighted by Crippen LogP contribution is -2.16. The first-order valence-electron chi connectivity index (χ1n) is 9.36. The van der Waals surface area contributed by atoms with Crippen molar-refractivity contribution in [3.8, 4) is 0 Å². The Hall–Kier alpha value is -3.38. The van der Waals surface area contributed by atoms with E-state index >= 15 is 0 Å². The molecular weight excluding hydrogens is 402 g/mol. The van der Waals surface area contributed by atoms with E-state index in [9.17, 15) is 13.6 Å². The number of fused-ring (bicyclic) bond motifs is 1. The number of allylic oxidation sites excluding steroid dienone is 1. The van der Waals surface area contributed by atoms with E-state index in [0.29, 0.717) is 15.1 Å². The Morgan fingerprint density at radius 2 is 1.73 bits per heavy atom. The third-order valence-corrected chi connectivity index (χ3v) is 5.68. The molecule has 30 heavy (non-hydrogen) atoms. The maximum Gasteiger partial charge on any atom is 0.279 e. The van der Waals surface area contributed by atoms with Crippen LogP contribution in [-0.4, -0.2) is 10.5 Å². The summed E-state index contributed by atoms with van der Waals surface area (Å²) in [5.74, 6) is -1.80. The molecule has 0 aliphatic carbocycles. The summed E-state index contributed by atoms with van der Waals surface area (Å²) in [6.45, 7) is 3.93. The van der Waals surface area contributed by atoms with Crippen LogP contribution in [0.1, 0.15) is 21.5 Å². The van der Waals surface area contributed by atoms with Gasteiger partial charge in [0.2, 0.25) is 0 Å². The summed E-state index contributed by atoms with van der Waals surface area (Å²) in [6.07, 6.45) is 2.35. The quantitative estimate of drug-likeness (QED) is 0.393. The number of nitrogens with zero attached hydrogens (tertiary/aromatic N) is 2.